The third-order valence-corrected chi connectivity index (χ3v) is 3.99. The number of aromatic nitrogens is 4. The van der Waals surface area contributed by atoms with Gasteiger partial charge < -0.3 is 15.5 Å². The SMILES string of the molecule is NCC1CCCCC1COc1ncnc2nc[nH]c12. The topological polar surface area (TPSA) is 89.7 Å². The largest absolute Gasteiger partial charge is 0.476 e. The van der Waals surface area contributed by atoms with Gasteiger partial charge in [0, 0.05) is 0 Å². The summed E-state index contributed by atoms with van der Waals surface area (Å²) in [6, 6.07) is 0. The molecule has 0 aliphatic heterocycles. The van der Waals surface area contributed by atoms with E-state index in [1.54, 1.807) is 6.33 Å². The van der Waals surface area contributed by atoms with Gasteiger partial charge in [0.2, 0.25) is 5.88 Å². The first kappa shape index (κ1) is 12.3. The molecule has 2 aromatic heterocycles. The molecule has 19 heavy (non-hydrogen) atoms. The van der Waals surface area contributed by atoms with E-state index in [9.17, 15) is 0 Å². The molecule has 0 saturated heterocycles. The molecule has 3 rings (SSSR count). The average molecular weight is 261 g/mol. The van der Waals surface area contributed by atoms with Crippen LogP contribution in [0.25, 0.3) is 11.2 Å². The van der Waals surface area contributed by atoms with Crippen LogP contribution < -0.4 is 10.5 Å². The lowest BCUT2D eigenvalue weighted by molar-refractivity contribution is 0.150. The van der Waals surface area contributed by atoms with Crippen molar-refractivity contribution in [3.05, 3.63) is 12.7 Å². The van der Waals surface area contributed by atoms with Gasteiger partial charge in [0.15, 0.2) is 5.65 Å². The second kappa shape index (κ2) is 5.52. The molecular formula is C13H19N5O. The van der Waals surface area contributed by atoms with Crippen molar-refractivity contribution in [2.75, 3.05) is 13.2 Å². The maximum absolute atomic E-state index is 5.87. The Morgan fingerprint density at radius 2 is 2.05 bits per heavy atom. The number of nitrogens with one attached hydrogen (secondary N) is 1. The lowest BCUT2D eigenvalue weighted by Crippen LogP contribution is -2.30. The number of rotatable bonds is 4. The predicted molar refractivity (Wildman–Crippen MR) is 71.7 cm³/mol. The van der Waals surface area contributed by atoms with Gasteiger partial charge in [-0.3, -0.25) is 0 Å². The first-order valence-electron chi connectivity index (χ1n) is 6.85. The van der Waals surface area contributed by atoms with Gasteiger partial charge >= 0.3 is 0 Å². The Morgan fingerprint density at radius 3 is 2.89 bits per heavy atom. The molecule has 0 aromatic carbocycles. The lowest BCUT2D eigenvalue weighted by Gasteiger charge is -2.30. The van der Waals surface area contributed by atoms with Gasteiger partial charge in [-0.15, -0.1) is 0 Å². The highest BCUT2D eigenvalue weighted by Crippen LogP contribution is 2.30. The standard InChI is InChI=1S/C13H19N5O/c14-5-9-3-1-2-4-10(9)6-19-13-11-12(16-7-15-11)17-8-18-13/h7-10H,1-6,14H2,(H,15,16,17,18). The monoisotopic (exact) mass is 261 g/mol. The fraction of sp³-hybridized carbons (Fsp3) is 0.615. The number of imidazole rings is 1. The number of fused-ring (bicyclic) bond motifs is 1. The van der Waals surface area contributed by atoms with Gasteiger partial charge in [-0.05, 0) is 31.2 Å². The van der Waals surface area contributed by atoms with Crippen LogP contribution in [0.3, 0.4) is 0 Å². The summed E-state index contributed by atoms with van der Waals surface area (Å²) in [4.78, 5) is 15.4. The van der Waals surface area contributed by atoms with E-state index < -0.39 is 0 Å². The van der Waals surface area contributed by atoms with Crippen molar-refractivity contribution in [2.45, 2.75) is 25.7 Å². The number of ether oxygens (including phenoxy) is 1. The van der Waals surface area contributed by atoms with Gasteiger partial charge in [0.25, 0.3) is 0 Å². The molecule has 2 heterocycles. The molecule has 0 spiro atoms. The summed E-state index contributed by atoms with van der Waals surface area (Å²) in [7, 11) is 0. The quantitative estimate of drug-likeness (QED) is 0.870. The van der Waals surface area contributed by atoms with E-state index >= 15 is 0 Å². The molecule has 2 atom stereocenters. The Balaban J connectivity index is 1.69. The van der Waals surface area contributed by atoms with E-state index in [4.69, 9.17) is 10.5 Å². The number of aromatic amines is 1. The molecule has 3 N–H and O–H groups in total. The lowest BCUT2D eigenvalue weighted by atomic mass is 9.80. The number of hydrogen-bond acceptors (Lipinski definition) is 5. The highest BCUT2D eigenvalue weighted by molar-refractivity contribution is 5.74. The van der Waals surface area contributed by atoms with Gasteiger partial charge in [-0.1, -0.05) is 12.8 Å². The molecule has 2 unspecified atom stereocenters. The number of H-pyrrole nitrogens is 1. The van der Waals surface area contributed by atoms with Crippen molar-refractivity contribution >= 4 is 11.2 Å². The van der Waals surface area contributed by atoms with Gasteiger partial charge in [-0.25, -0.2) is 9.97 Å². The van der Waals surface area contributed by atoms with Crippen molar-refractivity contribution in [1.82, 2.24) is 19.9 Å². The second-order valence-electron chi connectivity index (χ2n) is 5.13. The minimum atomic E-state index is 0.534. The smallest absolute Gasteiger partial charge is 0.243 e. The summed E-state index contributed by atoms with van der Waals surface area (Å²) in [6.07, 6.45) is 8.06. The highest BCUT2D eigenvalue weighted by Gasteiger charge is 2.24. The summed E-state index contributed by atoms with van der Waals surface area (Å²) in [6.45, 7) is 1.42. The Bertz CT molecular complexity index is 541. The Labute approximate surface area is 111 Å². The van der Waals surface area contributed by atoms with E-state index in [1.165, 1.54) is 32.0 Å². The van der Waals surface area contributed by atoms with E-state index in [0.29, 0.717) is 30.0 Å². The van der Waals surface area contributed by atoms with Crippen LogP contribution in [-0.4, -0.2) is 33.1 Å². The molecule has 6 nitrogen and oxygen atoms in total. The van der Waals surface area contributed by atoms with Crippen LogP contribution in [0.1, 0.15) is 25.7 Å². The first-order valence-corrected chi connectivity index (χ1v) is 6.85. The summed E-state index contributed by atoms with van der Waals surface area (Å²) in [5, 5.41) is 0. The zero-order valence-electron chi connectivity index (χ0n) is 10.9. The third-order valence-electron chi connectivity index (χ3n) is 3.99. The van der Waals surface area contributed by atoms with Gasteiger partial charge in [-0.2, -0.15) is 4.98 Å². The van der Waals surface area contributed by atoms with Crippen LogP contribution in [0.2, 0.25) is 0 Å². The molecule has 1 aliphatic rings. The normalized spacial score (nSPS) is 23.6. The van der Waals surface area contributed by atoms with Crippen molar-refractivity contribution in [3.8, 4) is 5.88 Å². The predicted octanol–water partition coefficient (Wildman–Crippen LogP) is 1.50. The maximum atomic E-state index is 5.87. The highest BCUT2D eigenvalue weighted by atomic mass is 16.5. The Hall–Kier alpha value is -1.69. The van der Waals surface area contributed by atoms with E-state index in [2.05, 4.69) is 19.9 Å². The van der Waals surface area contributed by atoms with Gasteiger partial charge in [0.05, 0.1) is 12.9 Å². The molecule has 0 amide bonds. The van der Waals surface area contributed by atoms with Crippen molar-refractivity contribution in [3.63, 3.8) is 0 Å². The van der Waals surface area contributed by atoms with Crippen molar-refractivity contribution < 1.29 is 4.74 Å². The zero-order valence-corrected chi connectivity index (χ0v) is 10.9. The second-order valence-corrected chi connectivity index (χ2v) is 5.13. The van der Waals surface area contributed by atoms with E-state index in [-0.39, 0.29) is 0 Å². The molecule has 2 aromatic rings. The summed E-state index contributed by atoms with van der Waals surface area (Å²) < 4.78 is 5.87. The Morgan fingerprint density at radius 1 is 1.21 bits per heavy atom. The molecule has 1 fully saturated rings. The number of hydrogen-bond donors (Lipinski definition) is 2. The van der Waals surface area contributed by atoms with Crippen LogP contribution in [0, 0.1) is 11.8 Å². The fourth-order valence-corrected chi connectivity index (χ4v) is 2.85. The number of nitrogens with two attached hydrogens (primary N) is 1. The molecule has 102 valence electrons. The molecule has 1 aliphatic carbocycles. The van der Waals surface area contributed by atoms with Crippen LogP contribution in [0.4, 0.5) is 0 Å². The third kappa shape index (κ3) is 2.53. The minimum absolute atomic E-state index is 0.534. The van der Waals surface area contributed by atoms with E-state index in [1.807, 2.05) is 0 Å². The first-order chi connectivity index (χ1) is 9.38. The van der Waals surface area contributed by atoms with Crippen LogP contribution >= 0.6 is 0 Å². The Kier molecular flexibility index (Phi) is 3.59. The van der Waals surface area contributed by atoms with Crippen LogP contribution in [0.15, 0.2) is 12.7 Å². The van der Waals surface area contributed by atoms with Crippen LogP contribution in [-0.2, 0) is 0 Å². The zero-order chi connectivity index (χ0) is 13.1. The van der Waals surface area contributed by atoms with Crippen LogP contribution in [0.5, 0.6) is 5.88 Å². The molecule has 1 saturated carbocycles. The minimum Gasteiger partial charge on any atom is -0.476 e. The molecule has 6 heteroatoms. The fourth-order valence-electron chi connectivity index (χ4n) is 2.85. The average Bonchev–Trinajstić information content (AvgIpc) is 2.94. The van der Waals surface area contributed by atoms with Gasteiger partial charge in [0.1, 0.15) is 11.8 Å². The summed E-state index contributed by atoms with van der Waals surface area (Å²) >= 11 is 0. The van der Waals surface area contributed by atoms with Crippen molar-refractivity contribution in [2.24, 2.45) is 17.6 Å². The van der Waals surface area contributed by atoms with Crippen molar-refractivity contribution in [1.29, 1.82) is 0 Å². The molecule has 0 bridgehead atoms. The summed E-state index contributed by atoms with van der Waals surface area (Å²) in [5.41, 5.74) is 7.25. The van der Waals surface area contributed by atoms with E-state index in [0.717, 1.165) is 12.1 Å². The maximum Gasteiger partial charge on any atom is 0.243 e. The number of nitrogens with zero attached hydrogens (tertiary/aromatic N) is 3. The molecular weight excluding hydrogens is 242 g/mol. The molecule has 0 radical (unpaired) electrons. The summed E-state index contributed by atoms with van der Waals surface area (Å²) in [5.74, 6) is 1.70.